The molecule has 1 N–H and O–H groups in total. The van der Waals surface area contributed by atoms with E-state index in [2.05, 4.69) is 0 Å². The molecule has 0 saturated carbocycles. The van der Waals surface area contributed by atoms with Crippen molar-refractivity contribution < 1.29 is 30.4 Å². The molecular formula is C18H28O6. The maximum atomic E-state index is 12.1. The molecule has 2 unspecified atom stereocenters. The third-order valence-electron chi connectivity index (χ3n) is 3.36. The molecule has 0 aromatic heterocycles. The first kappa shape index (κ1) is 21.8. The highest BCUT2D eigenvalue weighted by Crippen LogP contribution is 2.19. The Morgan fingerprint density at radius 1 is 1.17 bits per heavy atom. The van der Waals surface area contributed by atoms with Gasteiger partial charge in [0.05, 0.1) is 6.61 Å². The van der Waals surface area contributed by atoms with Crippen LogP contribution in [-0.4, -0.2) is 36.5 Å². The van der Waals surface area contributed by atoms with Gasteiger partial charge in [-0.3, -0.25) is 4.79 Å². The van der Waals surface area contributed by atoms with Crippen molar-refractivity contribution in [2.24, 2.45) is 5.92 Å². The average molecular weight is 341 g/mol. The molecular weight excluding hydrogens is 312 g/mol. The second kappa shape index (κ2) is 11.3. The van der Waals surface area contributed by atoms with E-state index in [1.807, 2.05) is 6.07 Å². The molecule has 0 fully saturated rings. The fraction of sp³-hybridized carbons (Fsp3) is 0.500. The smallest absolute Gasteiger partial charge is 0.339 e. The maximum Gasteiger partial charge on any atom is 0.339 e. The van der Waals surface area contributed by atoms with E-state index in [1.54, 1.807) is 24.3 Å². The molecule has 0 aliphatic carbocycles. The Morgan fingerprint density at radius 2 is 1.79 bits per heavy atom. The molecule has 0 heterocycles. The predicted octanol–water partition coefficient (Wildman–Crippen LogP) is 3.26. The van der Waals surface area contributed by atoms with E-state index >= 15 is 0 Å². The molecule has 6 nitrogen and oxygen atoms in total. The summed E-state index contributed by atoms with van der Waals surface area (Å²) in [5.74, 6) is -1.92. The van der Waals surface area contributed by atoms with Gasteiger partial charge in [0.1, 0.15) is 5.78 Å². The number of carbonyl (C=O) groups is 3. The van der Waals surface area contributed by atoms with E-state index in [0.717, 1.165) is 0 Å². The van der Waals surface area contributed by atoms with E-state index in [4.69, 9.17) is 14.6 Å². The quantitative estimate of drug-likeness (QED) is 0.657. The molecule has 0 bridgehead atoms. The highest BCUT2D eigenvalue weighted by Gasteiger charge is 2.22. The van der Waals surface area contributed by atoms with Crippen molar-refractivity contribution in [1.29, 1.82) is 0 Å². The first-order chi connectivity index (χ1) is 10.9. The highest BCUT2D eigenvalue weighted by atomic mass is 16.6. The van der Waals surface area contributed by atoms with Crippen LogP contribution >= 0.6 is 0 Å². The lowest BCUT2D eigenvalue weighted by Gasteiger charge is -2.17. The predicted molar refractivity (Wildman–Crippen MR) is 91.7 cm³/mol. The minimum Gasteiger partial charge on any atom is -0.481 e. The van der Waals surface area contributed by atoms with Crippen LogP contribution in [0.25, 0.3) is 0 Å². The number of Topliss-reactive ketones (excluding diaryl/α,β-unsaturated/α-hetero) is 1. The number of carboxylic acids is 1. The summed E-state index contributed by atoms with van der Waals surface area (Å²) in [5, 5.41) is 8.84. The van der Waals surface area contributed by atoms with Crippen LogP contribution in [0.5, 0.6) is 0 Å². The topological polar surface area (TPSA) is 89.9 Å². The van der Waals surface area contributed by atoms with Gasteiger partial charge in [0.2, 0.25) is 0 Å². The van der Waals surface area contributed by atoms with Crippen LogP contribution in [-0.2, 0) is 23.9 Å². The van der Waals surface area contributed by atoms with E-state index < -0.39 is 18.0 Å². The molecule has 0 radical (unpaired) electrons. The lowest BCUT2D eigenvalue weighted by molar-refractivity contribution is -0.156. The zero-order valence-corrected chi connectivity index (χ0v) is 13.4. The van der Waals surface area contributed by atoms with Crippen molar-refractivity contribution in [3.8, 4) is 0 Å². The van der Waals surface area contributed by atoms with E-state index in [0.29, 0.717) is 12.0 Å². The van der Waals surface area contributed by atoms with Gasteiger partial charge in [0.25, 0.3) is 0 Å². The number of aliphatic carboxylic acids is 1. The van der Waals surface area contributed by atoms with Gasteiger partial charge in [-0.15, -0.1) is 0 Å². The standard InChI is InChI=1S/C17H22O6.CH4.H2/c1-12(18)10-13(11-15(19)20)8-9-23-17(21)16(22-2)14-6-4-3-5-7-14;;/h3-7,13,16H,8-11H2,1-2H3,(H,19,20);1H4;1H/i;;1+1. The summed E-state index contributed by atoms with van der Waals surface area (Å²) < 4.78 is 10.3. The summed E-state index contributed by atoms with van der Waals surface area (Å²) in [6.45, 7) is 1.47. The Labute approximate surface area is 144 Å². The van der Waals surface area contributed by atoms with Gasteiger partial charge < -0.3 is 19.4 Å². The van der Waals surface area contributed by atoms with Gasteiger partial charge in [-0.1, -0.05) is 37.8 Å². The summed E-state index contributed by atoms with van der Waals surface area (Å²) in [6, 6.07) is 8.95. The van der Waals surface area contributed by atoms with E-state index in [9.17, 15) is 14.4 Å². The normalized spacial score (nSPS) is 12.6. The van der Waals surface area contributed by atoms with Gasteiger partial charge in [0.15, 0.2) is 6.10 Å². The monoisotopic (exact) mass is 341 g/mol. The van der Waals surface area contributed by atoms with Gasteiger partial charge in [-0.05, 0) is 24.8 Å². The number of carbonyl (C=O) groups excluding carboxylic acids is 2. The number of carboxylic acid groups (broad SMARTS) is 1. The third kappa shape index (κ3) is 7.87. The molecule has 1 aromatic carbocycles. The molecule has 2 atom stereocenters. The number of benzene rings is 1. The molecule has 0 aliphatic rings. The van der Waals surface area contributed by atoms with Crippen LogP contribution in [0.4, 0.5) is 0 Å². The van der Waals surface area contributed by atoms with Crippen molar-refractivity contribution in [3.05, 3.63) is 35.9 Å². The van der Waals surface area contributed by atoms with Gasteiger partial charge in [0, 0.05) is 21.4 Å². The van der Waals surface area contributed by atoms with Crippen LogP contribution in [0.1, 0.15) is 46.7 Å². The summed E-state index contributed by atoms with van der Waals surface area (Å²) in [5.41, 5.74) is 0.686. The Morgan fingerprint density at radius 3 is 2.29 bits per heavy atom. The van der Waals surface area contributed by atoms with Crippen LogP contribution in [0.2, 0.25) is 0 Å². The van der Waals surface area contributed by atoms with Crippen LogP contribution in [0, 0.1) is 5.92 Å². The fourth-order valence-electron chi connectivity index (χ4n) is 2.33. The Balaban J connectivity index is 0. The van der Waals surface area contributed by atoms with Gasteiger partial charge in [-0.2, -0.15) is 0 Å². The first-order valence-electron chi connectivity index (χ1n) is 7.39. The van der Waals surface area contributed by atoms with Crippen molar-refractivity contribution in [2.75, 3.05) is 13.7 Å². The minimum absolute atomic E-state index is 0. The summed E-state index contributed by atoms with van der Waals surface area (Å²) >= 11 is 0. The zero-order valence-electron chi connectivity index (χ0n) is 13.4. The molecule has 0 aliphatic heterocycles. The van der Waals surface area contributed by atoms with Crippen LogP contribution in [0.3, 0.4) is 0 Å². The van der Waals surface area contributed by atoms with Crippen molar-refractivity contribution in [2.45, 2.75) is 39.7 Å². The number of hydrogen-bond acceptors (Lipinski definition) is 5. The molecule has 24 heavy (non-hydrogen) atoms. The maximum absolute atomic E-state index is 12.1. The Bertz CT molecular complexity index is 516. The Kier molecular flexibility index (Phi) is 10.3. The van der Waals surface area contributed by atoms with Crippen molar-refractivity contribution in [3.63, 3.8) is 0 Å². The summed E-state index contributed by atoms with van der Waals surface area (Å²) in [7, 11) is 1.42. The van der Waals surface area contributed by atoms with Gasteiger partial charge in [-0.25, -0.2) is 4.79 Å². The molecule has 0 saturated heterocycles. The molecule has 0 amide bonds. The van der Waals surface area contributed by atoms with Crippen molar-refractivity contribution >= 4 is 17.7 Å². The number of ketones is 1. The molecule has 0 spiro atoms. The first-order valence-corrected chi connectivity index (χ1v) is 7.39. The summed E-state index contributed by atoms with van der Waals surface area (Å²) in [6.07, 6.45) is -0.454. The highest BCUT2D eigenvalue weighted by molar-refractivity contribution is 5.77. The molecule has 1 aromatic rings. The zero-order chi connectivity index (χ0) is 17.2. The third-order valence-corrected chi connectivity index (χ3v) is 3.36. The number of esters is 1. The SMILES string of the molecule is C.COC(C(=O)OCCC(CC(C)=O)CC(=O)O)c1ccccc1.[2HH]. The lowest BCUT2D eigenvalue weighted by atomic mass is 9.96. The van der Waals surface area contributed by atoms with E-state index in [-0.39, 0.29) is 40.0 Å². The van der Waals surface area contributed by atoms with Crippen LogP contribution < -0.4 is 0 Å². The lowest BCUT2D eigenvalue weighted by Crippen LogP contribution is -2.20. The van der Waals surface area contributed by atoms with E-state index in [1.165, 1.54) is 14.0 Å². The molecule has 1 rings (SSSR count). The Hall–Kier alpha value is -2.21. The number of methoxy groups -OCH3 is 1. The van der Waals surface area contributed by atoms with Gasteiger partial charge >= 0.3 is 11.9 Å². The fourth-order valence-corrected chi connectivity index (χ4v) is 2.33. The minimum atomic E-state index is -0.971. The largest absolute Gasteiger partial charge is 0.481 e. The number of hydrogen-bond donors (Lipinski definition) is 1. The molecule has 6 heteroatoms. The second-order valence-corrected chi connectivity index (χ2v) is 5.35. The average Bonchev–Trinajstić information content (AvgIpc) is 2.47. The van der Waals surface area contributed by atoms with Crippen LogP contribution in [0.15, 0.2) is 30.3 Å². The summed E-state index contributed by atoms with van der Waals surface area (Å²) in [4.78, 5) is 34.0. The number of rotatable bonds is 10. The molecule has 136 valence electrons. The van der Waals surface area contributed by atoms with Crippen molar-refractivity contribution in [1.82, 2.24) is 0 Å². The second-order valence-electron chi connectivity index (χ2n) is 5.35. The number of ether oxygens (including phenoxy) is 2.